The van der Waals surface area contributed by atoms with Crippen LogP contribution in [0.2, 0.25) is 0 Å². The average Bonchev–Trinajstić information content (AvgIpc) is 2.62. The molecular weight excluding hydrogens is 208 g/mol. The van der Waals surface area contributed by atoms with Gasteiger partial charge in [-0.05, 0) is 27.2 Å². The van der Waals surface area contributed by atoms with Gasteiger partial charge in [-0.1, -0.05) is 0 Å². The van der Waals surface area contributed by atoms with E-state index in [0.717, 1.165) is 0 Å². The van der Waals surface area contributed by atoms with Crippen molar-refractivity contribution in [3.05, 3.63) is 0 Å². The van der Waals surface area contributed by atoms with Crippen molar-refractivity contribution in [2.24, 2.45) is 5.92 Å². The molecule has 0 aliphatic carbocycles. The predicted molar refractivity (Wildman–Crippen MR) is 60.0 cm³/mol. The van der Waals surface area contributed by atoms with Gasteiger partial charge in [0.2, 0.25) is 0 Å². The Morgan fingerprint density at radius 2 is 2.00 bits per heavy atom. The number of likely N-dealkylation sites (tertiary alicyclic amines) is 1. The lowest BCUT2D eigenvalue weighted by molar-refractivity contribution is -0.144. The van der Waals surface area contributed by atoms with Gasteiger partial charge in [-0.3, -0.25) is 4.79 Å². The smallest absolute Gasteiger partial charge is 0.317 e. The molecule has 0 radical (unpaired) electrons. The van der Waals surface area contributed by atoms with Crippen LogP contribution < -0.4 is 5.32 Å². The summed E-state index contributed by atoms with van der Waals surface area (Å²) in [5, 5.41) is 2.87. The minimum atomic E-state index is -0.250. The van der Waals surface area contributed by atoms with Gasteiger partial charge in [0.15, 0.2) is 0 Å². The third kappa shape index (κ3) is 3.40. The lowest BCUT2D eigenvalue weighted by Crippen LogP contribution is -2.47. The number of ether oxygens (including phenoxy) is 1. The van der Waals surface area contributed by atoms with Crippen molar-refractivity contribution in [2.45, 2.75) is 32.7 Å². The van der Waals surface area contributed by atoms with Crippen LogP contribution in [0.5, 0.6) is 0 Å². The van der Waals surface area contributed by atoms with Gasteiger partial charge in [0.25, 0.3) is 0 Å². The molecule has 1 rings (SSSR count). The van der Waals surface area contributed by atoms with E-state index < -0.39 is 0 Å². The summed E-state index contributed by atoms with van der Waals surface area (Å²) in [5.41, 5.74) is -0.250. The van der Waals surface area contributed by atoms with Crippen LogP contribution in [0.15, 0.2) is 0 Å². The van der Waals surface area contributed by atoms with E-state index in [1.54, 1.807) is 4.90 Å². The summed E-state index contributed by atoms with van der Waals surface area (Å²) >= 11 is 0. The Hall–Kier alpha value is -1.26. The highest BCUT2D eigenvalue weighted by Crippen LogP contribution is 2.17. The van der Waals surface area contributed by atoms with Crippen LogP contribution in [0.4, 0.5) is 4.79 Å². The fourth-order valence-electron chi connectivity index (χ4n) is 1.70. The third-order valence-corrected chi connectivity index (χ3v) is 2.49. The molecule has 5 heteroatoms. The van der Waals surface area contributed by atoms with Crippen LogP contribution in [-0.4, -0.2) is 42.6 Å². The number of amides is 2. The van der Waals surface area contributed by atoms with Gasteiger partial charge in [-0.15, -0.1) is 0 Å². The molecule has 92 valence electrons. The van der Waals surface area contributed by atoms with E-state index in [1.165, 1.54) is 7.11 Å². The highest BCUT2D eigenvalue weighted by Gasteiger charge is 2.32. The highest BCUT2D eigenvalue weighted by atomic mass is 16.5. The zero-order valence-electron chi connectivity index (χ0n) is 10.4. The number of esters is 1. The Bertz CT molecular complexity index is 283. The van der Waals surface area contributed by atoms with Gasteiger partial charge in [0, 0.05) is 18.6 Å². The highest BCUT2D eigenvalue weighted by molar-refractivity contribution is 5.78. The van der Waals surface area contributed by atoms with Crippen LogP contribution in [0.1, 0.15) is 27.2 Å². The third-order valence-electron chi connectivity index (χ3n) is 2.49. The molecule has 0 bridgehead atoms. The minimum Gasteiger partial charge on any atom is -0.469 e. The molecule has 1 N–H and O–H groups in total. The summed E-state index contributed by atoms with van der Waals surface area (Å²) in [6.45, 7) is 6.85. The number of urea groups is 1. The maximum Gasteiger partial charge on any atom is 0.317 e. The number of carbonyl (C=O) groups excluding carboxylic acids is 2. The minimum absolute atomic E-state index is 0.112. The maximum absolute atomic E-state index is 11.8. The SMILES string of the molecule is COC(=O)C1CCN(C(=O)NC(C)(C)C)C1. The van der Waals surface area contributed by atoms with Gasteiger partial charge in [-0.25, -0.2) is 4.79 Å². The van der Waals surface area contributed by atoms with E-state index >= 15 is 0 Å². The molecule has 2 amide bonds. The van der Waals surface area contributed by atoms with Crippen molar-refractivity contribution in [3.63, 3.8) is 0 Å². The maximum atomic E-state index is 11.8. The van der Waals surface area contributed by atoms with Crippen LogP contribution in [0.25, 0.3) is 0 Å². The molecule has 1 heterocycles. The van der Waals surface area contributed by atoms with Crippen LogP contribution in [0, 0.1) is 5.92 Å². The van der Waals surface area contributed by atoms with E-state index in [1.807, 2.05) is 20.8 Å². The predicted octanol–water partition coefficient (Wildman–Crippen LogP) is 0.989. The Labute approximate surface area is 96.1 Å². The molecule has 0 aromatic heterocycles. The van der Waals surface area contributed by atoms with Crippen molar-refractivity contribution in [2.75, 3.05) is 20.2 Å². The van der Waals surface area contributed by atoms with Crippen LogP contribution >= 0.6 is 0 Å². The summed E-state index contributed by atoms with van der Waals surface area (Å²) in [7, 11) is 1.38. The van der Waals surface area contributed by atoms with Crippen molar-refractivity contribution < 1.29 is 14.3 Å². The molecule has 0 aromatic carbocycles. The average molecular weight is 228 g/mol. The number of hydrogen-bond donors (Lipinski definition) is 1. The summed E-state index contributed by atoms with van der Waals surface area (Å²) in [4.78, 5) is 24.7. The topological polar surface area (TPSA) is 58.6 Å². The molecular formula is C11H20N2O3. The normalized spacial score (nSPS) is 20.8. The fourth-order valence-corrected chi connectivity index (χ4v) is 1.70. The first-order valence-corrected chi connectivity index (χ1v) is 5.48. The Balaban J connectivity index is 2.47. The molecule has 1 fully saturated rings. The van der Waals surface area contributed by atoms with E-state index in [4.69, 9.17) is 0 Å². The zero-order valence-corrected chi connectivity index (χ0v) is 10.4. The fraction of sp³-hybridized carbons (Fsp3) is 0.818. The molecule has 16 heavy (non-hydrogen) atoms. The molecule has 0 spiro atoms. The second-order valence-corrected chi connectivity index (χ2v) is 5.13. The first-order valence-electron chi connectivity index (χ1n) is 5.48. The van der Waals surface area contributed by atoms with Gasteiger partial charge in [-0.2, -0.15) is 0 Å². The van der Waals surface area contributed by atoms with Crippen LogP contribution in [-0.2, 0) is 9.53 Å². The molecule has 1 atom stereocenters. The van der Waals surface area contributed by atoms with Gasteiger partial charge in [0.05, 0.1) is 13.0 Å². The summed E-state index contributed by atoms with van der Waals surface area (Å²) in [6.07, 6.45) is 0.685. The Morgan fingerprint density at radius 3 is 2.50 bits per heavy atom. The molecule has 1 aliphatic rings. The number of carbonyl (C=O) groups is 2. The Kier molecular flexibility index (Phi) is 3.78. The second kappa shape index (κ2) is 4.72. The molecule has 1 unspecified atom stereocenters. The standard InChI is InChI=1S/C11H20N2O3/c1-11(2,3)12-10(15)13-6-5-8(7-13)9(14)16-4/h8H,5-7H2,1-4H3,(H,12,15). The number of nitrogens with one attached hydrogen (secondary N) is 1. The van der Waals surface area contributed by atoms with E-state index in [9.17, 15) is 9.59 Å². The zero-order chi connectivity index (χ0) is 12.3. The summed E-state index contributed by atoms with van der Waals surface area (Å²) in [5.74, 6) is -0.401. The van der Waals surface area contributed by atoms with Crippen LogP contribution in [0.3, 0.4) is 0 Å². The summed E-state index contributed by atoms with van der Waals surface area (Å²) < 4.78 is 4.67. The van der Waals surface area contributed by atoms with Gasteiger partial charge < -0.3 is 15.0 Å². The molecule has 5 nitrogen and oxygen atoms in total. The number of methoxy groups -OCH3 is 1. The quantitative estimate of drug-likeness (QED) is 0.681. The second-order valence-electron chi connectivity index (χ2n) is 5.13. The van der Waals surface area contributed by atoms with Crippen molar-refractivity contribution in [1.29, 1.82) is 0 Å². The first kappa shape index (κ1) is 12.8. The lowest BCUT2D eigenvalue weighted by atomic mass is 10.1. The molecule has 1 aliphatic heterocycles. The number of hydrogen-bond acceptors (Lipinski definition) is 3. The van der Waals surface area contributed by atoms with Crippen molar-refractivity contribution >= 4 is 12.0 Å². The number of rotatable bonds is 1. The first-order chi connectivity index (χ1) is 7.33. The Morgan fingerprint density at radius 1 is 1.38 bits per heavy atom. The van der Waals surface area contributed by atoms with E-state index in [-0.39, 0.29) is 23.5 Å². The molecule has 1 saturated heterocycles. The summed E-state index contributed by atoms with van der Waals surface area (Å²) in [6, 6.07) is -0.112. The molecule has 0 saturated carbocycles. The van der Waals surface area contributed by atoms with Gasteiger partial charge >= 0.3 is 12.0 Å². The number of nitrogens with zero attached hydrogens (tertiary/aromatic N) is 1. The van der Waals surface area contributed by atoms with E-state index in [0.29, 0.717) is 19.5 Å². The monoisotopic (exact) mass is 228 g/mol. The van der Waals surface area contributed by atoms with Crippen molar-refractivity contribution in [3.8, 4) is 0 Å². The van der Waals surface area contributed by atoms with Gasteiger partial charge in [0.1, 0.15) is 0 Å². The van der Waals surface area contributed by atoms with Crippen molar-refractivity contribution in [1.82, 2.24) is 10.2 Å². The largest absolute Gasteiger partial charge is 0.469 e. The lowest BCUT2D eigenvalue weighted by Gasteiger charge is -2.25. The molecule has 0 aromatic rings. The van der Waals surface area contributed by atoms with E-state index in [2.05, 4.69) is 10.1 Å².